The summed E-state index contributed by atoms with van der Waals surface area (Å²) in [5.41, 5.74) is 2.31. The third kappa shape index (κ3) is 9.33. The van der Waals surface area contributed by atoms with Crippen LogP contribution in [0.15, 0.2) is 48.5 Å². The molecule has 8 nitrogen and oxygen atoms in total. The van der Waals surface area contributed by atoms with Gasteiger partial charge in [0.15, 0.2) is 6.10 Å². The zero-order valence-electron chi connectivity index (χ0n) is 18.9. The molecule has 0 heterocycles. The Hall–Kier alpha value is -2.75. The van der Waals surface area contributed by atoms with E-state index in [1.807, 2.05) is 26.0 Å². The number of carbonyl (C=O) groups is 2. The summed E-state index contributed by atoms with van der Waals surface area (Å²) in [7, 11) is 0. The van der Waals surface area contributed by atoms with Gasteiger partial charge in [-0.1, -0.05) is 29.8 Å². The van der Waals surface area contributed by atoms with Gasteiger partial charge in [0.1, 0.15) is 18.5 Å². The van der Waals surface area contributed by atoms with Gasteiger partial charge in [0.05, 0.1) is 19.0 Å². The van der Waals surface area contributed by atoms with Gasteiger partial charge in [-0.15, -0.1) is 0 Å². The third-order valence-corrected chi connectivity index (χ3v) is 4.85. The molecule has 0 aliphatic carbocycles. The van der Waals surface area contributed by atoms with Gasteiger partial charge in [0.2, 0.25) is 0 Å². The van der Waals surface area contributed by atoms with E-state index in [2.05, 4.69) is 17.9 Å². The number of esters is 1. The number of nitrogens with one attached hydrogen (secondary N) is 1. The molecule has 0 aliphatic heterocycles. The summed E-state index contributed by atoms with van der Waals surface area (Å²) < 4.78 is 22.3. The molecule has 0 spiro atoms. The topological polar surface area (TPSA) is 103 Å². The van der Waals surface area contributed by atoms with E-state index in [4.69, 9.17) is 24.1 Å². The number of hydrogen-bond donors (Lipinski definition) is 3. The third-order valence-electron chi connectivity index (χ3n) is 4.59. The first-order valence-corrected chi connectivity index (χ1v) is 11.4. The van der Waals surface area contributed by atoms with Crippen LogP contribution in [0.5, 0.6) is 5.75 Å². The molecule has 0 fully saturated rings. The number of benzene rings is 2. The minimum absolute atomic E-state index is 0.0254. The summed E-state index contributed by atoms with van der Waals surface area (Å²) in [6, 6.07) is 14.4. The lowest BCUT2D eigenvalue weighted by Gasteiger charge is -2.27. The van der Waals surface area contributed by atoms with Crippen molar-refractivity contribution in [1.82, 2.24) is 0 Å². The second-order valence-electron chi connectivity index (χ2n) is 7.12. The number of aryl methyl sites for hydroxylation is 1. The first-order chi connectivity index (χ1) is 16.0. The number of amides is 1. The minimum Gasteiger partial charge on any atom is -0.491 e. The van der Waals surface area contributed by atoms with Crippen LogP contribution in [0, 0.1) is 6.92 Å². The molecule has 0 aromatic heterocycles. The highest BCUT2D eigenvalue weighted by Gasteiger charge is 2.28. The van der Waals surface area contributed by atoms with Gasteiger partial charge in [0, 0.05) is 18.7 Å². The fraction of sp³-hybridized carbons (Fsp3) is 0.417. The average Bonchev–Trinajstić information content (AvgIpc) is 2.82. The van der Waals surface area contributed by atoms with E-state index in [1.54, 1.807) is 36.4 Å². The fourth-order valence-electron chi connectivity index (χ4n) is 3.07. The number of thiol groups is 1. The van der Waals surface area contributed by atoms with Gasteiger partial charge >= 0.3 is 12.1 Å². The van der Waals surface area contributed by atoms with Crippen molar-refractivity contribution < 1.29 is 33.6 Å². The summed E-state index contributed by atoms with van der Waals surface area (Å²) in [6.07, 6.45) is -1.73. The van der Waals surface area contributed by atoms with Crippen LogP contribution in [0.3, 0.4) is 0 Å². The molecule has 33 heavy (non-hydrogen) atoms. The number of anilines is 1. The van der Waals surface area contributed by atoms with Crippen LogP contribution in [0.1, 0.15) is 30.6 Å². The Bertz CT molecular complexity index is 875. The molecule has 2 rings (SSSR count). The standard InChI is InChI=1S/C24H31NO7S/c1-3-29-21(11-13-31-22(27)16-33)23(18-5-4-6-20(15-18)30-14-12-26)32-24(28)25-19-9-7-17(2)8-10-19/h4-10,15,21,23,26,33H,3,11-14,16H2,1-2H3,(H,25,28)/t21-,23-/m0/s1. The molecule has 0 aliphatic rings. The zero-order valence-corrected chi connectivity index (χ0v) is 19.8. The molecule has 2 aromatic rings. The molecule has 180 valence electrons. The second kappa shape index (κ2) is 14.4. The van der Waals surface area contributed by atoms with Gasteiger partial charge in [-0.05, 0) is 43.7 Å². The number of aliphatic hydroxyl groups excluding tert-OH is 1. The minimum atomic E-state index is -0.803. The van der Waals surface area contributed by atoms with Crippen LogP contribution >= 0.6 is 12.6 Å². The Kier molecular flexibility index (Phi) is 11.6. The molecular formula is C24H31NO7S. The monoisotopic (exact) mass is 477 g/mol. The quantitative estimate of drug-likeness (QED) is 0.297. The van der Waals surface area contributed by atoms with Crippen molar-refractivity contribution >= 4 is 30.4 Å². The van der Waals surface area contributed by atoms with E-state index in [1.165, 1.54) is 0 Å². The van der Waals surface area contributed by atoms with Crippen molar-refractivity contribution in [2.45, 2.75) is 32.5 Å². The Morgan fingerprint density at radius 2 is 1.88 bits per heavy atom. The van der Waals surface area contributed by atoms with Gasteiger partial charge in [-0.2, -0.15) is 12.6 Å². The van der Waals surface area contributed by atoms with Crippen molar-refractivity contribution in [1.29, 1.82) is 0 Å². The normalized spacial score (nSPS) is 12.5. The SMILES string of the molecule is CCO[C@@H](CCOC(=O)CS)[C@@H](OC(=O)Nc1ccc(C)cc1)c1cccc(OCCO)c1. The lowest BCUT2D eigenvalue weighted by molar-refractivity contribution is -0.142. The summed E-state index contributed by atoms with van der Waals surface area (Å²) >= 11 is 3.90. The van der Waals surface area contributed by atoms with Crippen molar-refractivity contribution in [3.63, 3.8) is 0 Å². The summed E-state index contributed by atoms with van der Waals surface area (Å²) in [6.45, 7) is 4.25. The van der Waals surface area contributed by atoms with Crippen LogP contribution in [-0.4, -0.2) is 55.5 Å². The maximum absolute atomic E-state index is 12.7. The maximum Gasteiger partial charge on any atom is 0.412 e. The van der Waals surface area contributed by atoms with Crippen LogP contribution in [0.25, 0.3) is 0 Å². The molecule has 2 N–H and O–H groups in total. The van der Waals surface area contributed by atoms with E-state index in [9.17, 15) is 9.59 Å². The maximum atomic E-state index is 12.7. The van der Waals surface area contributed by atoms with E-state index in [0.717, 1.165) is 5.56 Å². The lowest BCUT2D eigenvalue weighted by atomic mass is 10.0. The second-order valence-corrected chi connectivity index (χ2v) is 7.44. The highest BCUT2D eigenvalue weighted by atomic mass is 32.1. The summed E-state index contributed by atoms with van der Waals surface area (Å²) in [4.78, 5) is 24.2. The Morgan fingerprint density at radius 3 is 2.55 bits per heavy atom. The predicted octanol–water partition coefficient (Wildman–Crippen LogP) is 3.92. The molecule has 0 saturated carbocycles. The molecule has 0 unspecified atom stereocenters. The van der Waals surface area contributed by atoms with Gasteiger partial charge in [-0.25, -0.2) is 4.79 Å². The van der Waals surface area contributed by atoms with Gasteiger partial charge in [-0.3, -0.25) is 10.1 Å². The van der Waals surface area contributed by atoms with Gasteiger partial charge < -0.3 is 24.1 Å². The van der Waals surface area contributed by atoms with E-state index >= 15 is 0 Å². The lowest BCUT2D eigenvalue weighted by Crippen LogP contribution is -2.30. The highest BCUT2D eigenvalue weighted by molar-refractivity contribution is 7.81. The average molecular weight is 478 g/mol. The van der Waals surface area contributed by atoms with Crippen molar-refractivity contribution in [3.8, 4) is 5.75 Å². The Balaban J connectivity index is 2.23. The number of hydrogen-bond acceptors (Lipinski definition) is 8. The summed E-state index contributed by atoms with van der Waals surface area (Å²) in [5.74, 6) is 0.0519. The Labute approximate surface area is 199 Å². The number of carbonyl (C=O) groups excluding carboxylic acids is 2. The van der Waals surface area contributed by atoms with Crippen LogP contribution in [0.2, 0.25) is 0 Å². The fourth-order valence-corrected chi connectivity index (χ4v) is 3.16. The molecular weight excluding hydrogens is 446 g/mol. The Morgan fingerprint density at radius 1 is 1.12 bits per heavy atom. The van der Waals surface area contributed by atoms with Crippen molar-refractivity contribution in [3.05, 3.63) is 59.7 Å². The van der Waals surface area contributed by atoms with Crippen LogP contribution in [0.4, 0.5) is 10.5 Å². The van der Waals surface area contributed by atoms with Crippen LogP contribution < -0.4 is 10.1 Å². The first kappa shape index (κ1) is 26.5. The van der Waals surface area contributed by atoms with E-state index in [0.29, 0.717) is 30.0 Å². The van der Waals surface area contributed by atoms with Crippen LogP contribution in [-0.2, 0) is 19.0 Å². The number of ether oxygens (including phenoxy) is 4. The molecule has 1 amide bonds. The largest absolute Gasteiger partial charge is 0.491 e. The molecule has 0 radical (unpaired) electrons. The molecule has 2 aromatic carbocycles. The van der Waals surface area contributed by atoms with E-state index in [-0.39, 0.29) is 25.6 Å². The molecule has 2 atom stereocenters. The number of aliphatic hydroxyl groups is 1. The van der Waals surface area contributed by atoms with E-state index < -0.39 is 24.3 Å². The highest BCUT2D eigenvalue weighted by Crippen LogP contribution is 2.29. The molecule has 0 bridgehead atoms. The summed E-state index contributed by atoms with van der Waals surface area (Å²) in [5, 5.41) is 11.8. The molecule has 9 heteroatoms. The predicted molar refractivity (Wildman–Crippen MR) is 128 cm³/mol. The first-order valence-electron chi connectivity index (χ1n) is 10.7. The van der Waals surface area contributed by atoms with Crippen molar-refractivity contribution in [2.24, 2.45) is 0 Å². The number of rotatable bonds is 13. The zero-order chi connectivity index (χ0) is 24.1. The van der Waals surface area contributed by atoms with Gasteiger partial charge in [0.25, 0.3) is 0 Å². The molecule has 0 saturated heterocycles. The smallest absolute Gasteiger partial charge is 0.412 e. The van der Waals surface area contributed by atoms with Crippen molar-refractivity contribution in [2.75, 3.05) is 37.5 Å².